The van der Waals surface area contributed by atoms with Crippen LogP contribution in [0.15, 0.2) is 53.8 Å². The van der Waals surface area contributed by atoms with Crippen LogP contribution in [0.4, 0.5) is 0 Å². The van der Waals surface area contributed by atoms with Crippen molar-refractivity contribution in [1.29, 1.82) is 0 Å². The number of aliphatic imine (C=N–C) groups is 1. The van der Waals surface area contributed by atoms with Crippen molar-refractivity contribution in [2.45, 2.75) is 0 Å². The quantitative estimate of drug-likeness (QED) is 0.785. The fourth-order valence-electron chi connectivity index (χ4n) is 1.94. The molecular weight excluding hydrogens is 212 g/mol. The molecule has 0 N–H and O–H groups in total. The molecule has 0 bridgehead atoms. The Morgan fingerprint density at radius 3 is 2.59 bits per heavy atom. The van der Waals surface area contributed by atoms with Gasteiger partial charge in [0.1, 0.15) is 6.61 Å². The highest BCUT2D eigenvalue weighted by Crippen LogP contribution is 2.24. The Labute approximate surface area is 99.8 Å². The molecule has 0 aliphatic carbocycles. The molecule has 1 aliphatic heterocycles. The molecule has 0 radical (unpaired) electrons. The predicted octanol–water partition coefficient (Wildman–Crippen LogP) is 2.53. The Bertz CT molecular complexity index is 549. The van der Waals surface area contributed by atoms with E-state index in [0.29, 0.717) is 6.61 Å². The van der Waals surface area contributed by atoms with Gasteiger partial charge in [0.15, 0.2) is 0 Å². The van der Waals surface area contributed by atoms with Crippen LogP contribution in [0.5, 0.6) is 0 Å². The summed E-state index contributed by atoms with van der Waals surface area (Å²) in [5.74, 6) is 0.740. The second kappa shape index (κ2) is 4.37. The minimum atomic E-state index is 0.677. The van der Waals surface area contributed by atoms with Crippen LogP contribution in [0, 0.1) is 0 Å². The summed E-state index contributed by atoms with van der Waals surface area (Å²) in [6.07, 6.45) is 3.63. The maximum absolute atomic E-state index is 5.53. The smallest absolute Gasteiger partial charge is 0.216 e. The first-order chi connectivity index (χ1) is 8.45. The first kappa shape index (κ1) is 10.0. The zero-order chi connectivity index (χ0) is 11.5. The number of hydrogen-bond donors (Lipinski definition) is 0. The van der Waals surface area contributed by atoms with Crippen LogP contribution in [-0.2, 0) is 4.74 Å². The van der Waals surface area contributed by atoms with Crippen LogP contribution in [0.25, 0.3) is 11.1 Å². The van der Waals surface area contributed by atoms with Gasteiger partial charge in [0.25, 0.3) is 0 Å². The summed E-state index contributed by atoms with van der Waals surface area (Å²) >= 11 is 0. The fraction of sp³-hybridized carbons (Fsp3) is 0.143. The fourth-order valence-corrected chi connectivity index (χ4v) is 1.94. The van der Waals surface area contributed by atoms with Gasteiger partial charge >= 0.3 is 0 Å². The molecule has 1 aromatic heterocycles. The van der Waals surface area contributed by atoms with Crippen LogP contribution in [0.1, 0.15) is 5.56 Å². The molecule has 3 heteroatoms. The predicted molar refractivity (Wildman–Crippen MR) is 67.0 cm³/mol. The Balaban J connectivity index is 2.11. The second-order valence-electron chi connectivity index (χ2n) is 3.82. The number of rotatable bonds is 2. The summed E-state index contributed by atoms with van der Waals surface area (Å²) in [6, 6.07) is 12.1. The minimum absolute atomic E-state index is 0.677. The highest BCUT2D eigenvalue weighted by molar-refractivity contribution is 6.01. The summed E-state index contributed by atoms with van der Waals surface area (Å²) in [7, 11) is 0. The summed E-state index contributed by atoms with van der Waals surface area (Å²) in [5.41, 5.74) is 3.24. The van der Waals surface area contributed by atoms with Gasteiger partial charge in [-0.25, -0.2) is 4.99 Å². The maximum Gasteiger partial charge on any atom is 0.216 e. The number of hydrogen-bond acceptors (Lipinski definition) is 3. The van der Waals surface area contributed by atoms with Crippen LogP contribution in [0.3, 0.4) is 0 Å². The Morgan fingerprint density at radius 1 is 1.00 bits per heavy atom. The second-order valence-corrected chi connectivity index (χ2v) is 3.82. The average Bonchev–Trinajstić information content (AvgIpc) is 2.94. The van der Waals surface area contributed by atoms with E-state index in [4.69, 9.17) is 4.74 Å². The van der Waals surface area contributed by atoms with E-state index in [1.165, 1.54) is 0 Å². The van der Waals surface area contributed by atoms with Crippen LogP contribution < -0.4 is 0 Å². The highest BCUT2D eigenvalue weighted by atomic mass is 16.5. The monoisotopic (exact) mass is 224 g/mol. The van der Waals surface area contributed by atoms with Crippen molar-refractivity contribution in [3.8, 4) is 11.1 Å². The van der Waals surface area contributed by atoms with Crippen molar-refractivity contribution in [3.63, 3.8) is 0 Å². The topological polar surface area (TPSA) is 34.5 Å². The SMILES string of the molecule is c1cncc(-c2ccccc2C2=NCCO2)c1. The standard InChI is InChI=1S/C14H12N2O/c1-2-6-13(14-16-8-9-17-14)12(5-1)11-4-3-7-15-10-11/h1-7,10H,8-9H2. The van der Waals surface area contributed by atoms with Gasteiger partial charge in [0.2, 0.25) is 5.90 Å². The number of benzene rings is 1. The molecule has 2 heterocycles. The van der Waals surface area contributed by atoms with Gasteiger partial charge < -0.3 is 4.74 Å². The van der Waals surface area contributed by atoms with Gasteiger partial charge in [-0.2, -0.15) is 0 Å². The van der Waals surface area contributed by atoms with E-state index in [1.807, 2.05) is 36.5 Å². The third kappa shape index (κ3) is 1.91. The molecule has 3 rings (SSSR count). The first-order valence-electron chi connectivity index (χ1n) is 5.62. The van der Waals surface area contributed by atoms with E-state index in [2.05, 4.69) is 16.0 Å². The molecule has 84 valence electrons. The summed E-state index contributed by atoms with van der Waals surface area (Å²) in [6.45, 7) is 1.42. The molecule has 2 aromatic rings. The van der Waals surface area contributed by atoms with Crippen molar-refractivity contribution in [2.24, 2.45) is 4.99 Å². The summed E-state index contributed by atoms with van der Waals surface area (Å²) in [4.78, 5) is 8.51. The normalized spacial score (nSPS) is 14.2. The Morgan fingerprint density at radius 2 is 1.88 bits per heavy atom. The number of aromatic nitrogens is 1. The van der Waals surface area contributed by atoms with Crippen molar-refractivity contribution < 1.29 is 4.74 Å². The largest absolute Gasteiger partial charge is 0.475 e. The lowest BCUT2D eigenvalue weighted by molar-refractivity contribution is 0.348. The molecule has 0 atom stereocenters. The van der Waals surface area contributed by atoms with Gasteiger partial charge in [-0.3, -0.25) is 4.98 Å². The summed E-state index contributed by atoms with van der Waals surface area (Å²) < 4.78 is 5.53. The van der Waals surface area contributed by atoms with Crippen LogP contribution >= 0.6 is 0 Å². The van der Waals surface area contributed by atoms with Crippen molar-refractivity contribution in [3.05, 3.63) is 54.4 Å². The zero-order valence-electron chi connectivity index (χ0n) is 9.34. The maximum atomic E-state index is 5.53. The lowest BCUT2D eigenvalue weighted by Gasteiger charge is -2.08. The molecule has 1 aliphatic rings. The van der Waals surface area contributed by atoms with Crippen molar-refractivity contribution >= 4 is 5.90 Å². The van der Waals surface area contributed by atoms with E-state index in [-0.39, 0.29) is 0 Å². The van der Waals surface area contributed by atoms with E-state index < -0.39 is 0 Å². The van der Waals surface area contributed by atoms with E-state index >= 15 is 0 Å². The van der Waals surface area contributed by atoms with Gasteiger partial charge in [-0.05, 0) is 17.7 Å². The van der Waals surface area contributed by atoms with E-state index in [0.717, 1.165) is 29.1 Å². The molecule has 1 aromatic carbocycles. The Kier molecular flexibility index (Phi) is 2.58. The number of pyridine rings is 1. The third-order valence-corrected chi connectivity index (χ3v) is 2.72. The lowest BCUT2D eigenvalue weighted by atomic mass is 10.0. The number of ether oxygens (including phenoxy) is 1. The van der Waals surface area contributed by atoms with Crippen LogP contribution in [0.2, 0.25) is 0 Å². The van der Waals surface area contributed by atoms with Crippen molar-refractivity contribution in [2.75, 3.05) is 13.2 Å². The molecule has 3 nitrogen and oxygen atoms in total. The molecular formula is C14H12N2O. The third-order valence-electron chi connectivity index (χ3n) is 2.72. The average molecular weight is 224 g/mol. The molecule has 0 unspecified atom stereocenters. The highest BCUT2D eigenvalue weighted by Gasteiger charge is 2.14. The number of nitrogens with zero attached hydrogens (tertiary/aromatic N) is 2. The van der Waals surface area contributed by atoms with Gasteiger partial charge in [-0.15, -0.1) is 0 Å². The molecule has 0 fully saturated rings. The van der Waals surface area contributed by atoms with Gasteiger partial charge in [0, 0.05) is 23.5 Å². The van der Waals surface area contributed by atoms with Gasteiger partial charge in [-0.1, -0.05) is 24.3 Å². The Hall–Kier alpha value is -2.16. The molecule has 0 saturated carbocycles. The van der Waals surface area contributed by atoms with E-state index in [1.54, 1.807) is 6.20 Å². The van der Waals surface area contributed by atoms with E-state index in [9.17, 15) is 0 Å². The minimum Gasteiger partial charge on any atom is -0.475 e. The molecule has 0 saturated heterocycles. The molecule has 0 amide bonds. The van der Waals surface area contributed by atoms with Gasteiger partial charge in [0.05, 0.1) is 6.54 Å². The lowest BCUT2D eigenvalue weighted by Crippen LogP contribution is -2.03. The van der Waals surface area contributed by atoms with Crippen LogP contribution in [-0.4, -0.2) is 24.0 Å². The zero-order valence-corrected chi connectivity index (χ0v) is 9.34. The first-order valence-corrected chi connectivity index (χ1v) is 5.62. The molecule has 17 heavy (non-hydrogen) atoms. The van der Waals surface area contributed by atoms with Crippen molar-refractivity contribution in [1.82, 2.24) is 4.98 Å². The molecule has 0 spiro atoms. The summed E-state index contributed by atoms with van der Waals surface area (Å²) in [5, 5.41) is 0.